The van der Waals surface area contributed by atoms with E-state index in [0.717, 1.165) is 16.7 Å². The Morgan fingerprint density at radius 3 is 2.75 bits per heavy atom. The lowest BCUT2D eigenvalue weighted by molar-refractivity contribution is -0.122. The highest BCUT2D eigenvalue weighted by Crippen LogP contribution is 2.34. The molecule has 170 valence electrons. The summed E-state index contributed by atoms with van der Waals surface area (Å²) in [6.45, 7) is 6.10. The van der Waals surface area contributed by atoms with Gasteiger partial charge in [-0.1, -0.05) is 18.1 Å². The third-order valence-corrected chi connectivity index (χ3v) is 5.68. The number of hydrogen-bond acceptors (Lipinski definition) is 8. The molecule has 1 saturated heterocycles. The van der Waals surface area contributed by atoms with Crippen molar-refractivity contribution >= 4 is 34.9 Å². The van der Waals surface area contributed by atoms with Crippen LogP contribution < -0.4 is 14.8 Å². The van der Waals surface area contributed by atoms with E-state index >= 15 is 0 Å². The maximum absolute atomic E-state index is 12.7. The van der Waals surface area contributed by atoms with Crippen molar-refractivity contribution in [2.45, 2.75) is 27.2 Å². The monoisotopic (exact) mass is 459 g/mol. The SMILES string of the molecule is CCOc1ccc(/C=C2/SC(=O)N(CCNC(=O)c3c(CC)noc3C)C2=O)cc1OC. The molecule has 0 bridgehead atoms. The summed E-state index contributed by atoms with van der Waals surface area (Å²) in [6.07, 6.45) is 2.19. The van der Waals surface area contributed by atoms with Crippen molar-refractivity contribution in [3.63, 3.8) is 0 Å². The molecule has 0 unspecified atom stereocenters. The Balaban J connectivity index is 1.64. The predicted octanol–water partition coefficient (Wildman–Crippen LogP) is 3.42. The van der Waals surface area contributed by atoms with Gasteiger partial charge in [-0.05, 0) is 55.8 Å². The average molecular weight is 460 g/mol. The first-order valence-corrected chi connectivity index (χ1v) is 11.0. The van der Waals surface area contributed by atoms with Crippen molar-refractivity contribution in [1.29, 1.82) is 0 Å². The maximum atomic E-state index is 12.7. The van der Waals surface area contributed by atoms with Gasteiger partial charge in [0.25, 0.3) is 17.1 Å². The number of carbonyl (C=O) groups excluding carboxylic acids is 3. The summed E-state index contributed by atoms with van der Waals surface area (Å²) in [5, 5.41) is 6.20. The van der Waals surface area contributed by atoms with Crippen LogP contribution in [-0.2, 0) is 11.2 Å². The van der Waals surface area contributed by atoms with E-state index in [1.54, 1.807) is 31.2 Å². The maximum Gasteiger partial charge on any atom is 0.293 e. The molecule has 1 aromatic heterocycles. The topological polar surface area (TPSA) is 111 Å². The van der Waals surface area contributed by atoms with Gasteiger partial charge in [-0.15, -0.1) is 0 Å². The zero-order chi connectivity index (χ0) is 23.3. The first kappa shape index (κ1) is 23.4. The number of carbonyl (C=O) groups is 3. The molecule has 0 spiro atoms. The number of ether oxygens (including phenoxy) is 2. The Bertz CT molecular complexity index is 1060. The van der Waals surface area contributed by atoms with E-state index < -0.39 is 5.91 Å². The molecule has 0 radical (unpaired) electrons. The molecule has 1 N–H and O–H groups in total. The molecule has 0 atom stereocenters. The van der Waals surface area contributed by atoms with E-state index in [-0.39, 0.29) is 24.2 Å². The highest BCUT2D eigenvalue weighted by atomic mass is 32.2. The van der Waals surface area contributed by atoms with Crippen LogP contribution in [0.1, 0.15) is 41.2 Å². The fourth-order valence-corrected chi connectivity index (χ4v) is 4.08. The molecular formula is C22H25N3O6S. The van der Waals surface area contributed by atoms with E-state index in [2.05, 4.69) is 10.5 Å². The molecule has 0 aliphatic carbocycles. The number of nitrogens with one attached hydrogen (secondary N) is 1. The zero-order valence-corrected chi connectivity index (χ0v) is 19.2. The molecule has 3 amide bonds. The van der Waals surface area contributed by atoms with Gasteiger partial charge in [0, 0.05) is 13.1 Å². The molecule has 3 rings (SSSR count). The Morgan fingerprint density at radius 2 is 2.06 bits per heavy atom. The Hall–Kier alpha value is -3.27. The lowest BCUT2D eigenvalue weighted by atomic mass is 10.1. The first-order chi connectivity index (χ1) is 15.4. The summed E-state index contributed by atoms with van der Waals surface area (Å²) < 4.78 is 15.9. The van der Waals surface area contributed by atoms with Gasteiger partial charge in [-0.3, -0.25) is 19.3 Å². The highest BCUT2D eigenvalue weighted by Gasteiger charge is 2.34. The lowest BCUT2D eigenvalue weighted by Gasteiger charge is -2.13. The average Bonchev–Trinajstić information content (AvgIpc) is 3.28. The summed E-state index contributed by atoms with van der Waals surface area (Å²) in [6, 6.07) is 5.28. The third kappa shape index (κ3) is 4.96. The fourth-order valence-electron chi connectivity index (χ4n) is 3.21. The first-order valence-electron chi connectivity index (χ1n) is 10.2. The van der Waals surface area contributed by atoms with E-state index in [1.807, 2.05) is 13.8 Å². The van der Waals surface area contributed by atoms with Crippen LogP contribution in [0.3, 0.4) is 0 Å². The van der Waals surface area contributed by atoms with Crippen LogP contribution in [0.25, 0.3) is 6.08 Å². The van der Waals surface area contributed by atoms with Crippen molar-refractivity contribution in [1.82, 2.24) is 15.4 Å². The second-order valence-electron chi connectivity index (χ2n) is 6.85. The van der Waals surface area contributed by atoms with Crippen molar-refractivity contribution in [2.75, 3.05) is 26.8 Å². The third-order valence-electron chi connectivity index (χ3n) is 4.78. The van der Waals surface area contributed by atoms with Gasteiger partial charge in [-0.2, -0.15) is 0 Å². The molecule has 0 saturated carbocycles. The van der Waals surface area contributed by atoms with Crippen molar-refractivity contribution < 1.29 is 28.4 Å². The summed E-state index contributed by atoms with van der Waals surface area (Å²) in [7, 11) is 1.54. The molecule has 1 aromatic carbocycles. The minimum Gasteiger partial charge on any atom is -0.493 e. The number of amides is 3. The van der Waals surface area contributed by atoms with Gasteiger partial charge >= 0.3 is 0 Å². The molecule has 2 aromatic rings. The van der Waals surface area contributed by atoms with E-state index in [1.165, 1.54) is 7.11 Å². The largest absolute Gasteiger partial charge is 0.493 e. The van der Waals surface area contributed by atoms with Crippen LogP contribution in [0.2, 0.25) is 0 Å². The van der Waals surface area contributed by atoms with E-state index in [0.29, 0.717) is 52.0 Å². The molecular weight excluding hydrogens is 434 g/mol. The number of aromatic nitrogens is 1. The number of nitrogens with zero attached hydrogens (tertiary/aromatic N) is 2. The smallest absolute Gasteiger partial charge is 0.293 e. The van der Waals surface area contributed by atoms with Crippen molar-refractivity contribution in [3.8, 4) is 11.5 Å². The van der Waals surface area contributed by atoms with Gasteiger partial charge < -0.3 is 19.3 Å². The molecule has 32 heavy (non-hydrogen) atoms. The number of hydrogen-bond donors (Lipinski definition) is 1. The predicted molar refractivity (Wildman–Crippen MR) is 120 cm³/mol. The lowest BCUT2D eigenvalue weighted by Crippen LogP contribution is -2.37. The molecule has 1 aliphatic heterocycles. The van der Waals surface area contributed by atoms with Crippen molar-refractivity contribution in [3.05, 3.63) is 45.7 Å². The Kier molecular flexibility index (Phi) is 7.57. The summed E-state index contributed by atoms with van der Waals surface area (Å²) in [5.41, 5.74) is 1.67. The number of thioether (sulfide) groups is 1. The van der Waals surface area contributed by atoms with Gasteiger partial charge in [0.2, 0.25) is 0 Å². The normalized spacial score (nSPS) is 14.9. The fraction of sp³-hybridized carbons (Fsp3) is 0.364. The van der Waals surface area contributed by atoms with Crippen molar-refractivity contribution in [2.24, 2.45) is 0 Å². The Labute approximate surface area is 190 Å². The summed E-state index contributed by atoms with van der Waals surface area (Å²) in [5.74, 6) is 0.824. The number of benzene rings is 1. The minimum atomic E-state index is -0.405. The van der Waals surface area contributed by atoms with E-state index in [9.17, 15) is 14.4 Å². The van der Waals surface area contributed by atoms with Gasteiger partial charge in [-0.25, -0.2) is 0 Å². The van der Waals surface area contributed by atoms with Crippen LogP contribution in [-0.4, -0.2) is 53.9 Å². The number of aryl methyl sites for hydroxylation is 2. The van der Waals surface area contributed by atoms with Crippen LogP contribution in [0, 0.1) is 6.92 Å². The van der Waals surface area contributed by atoms with Crippen LogP contribution in [0.5, 0.6) is 11.5 Å². The quantitative estimate of drug-likeness (QED) is 0.568. The van der Waals surface area contributed by atoms with E-state index in [4.69, 9.17) is 14.0 Å². The Morgan fingerprint density at radius 1 is 1.28 bits per heavy atom. The zero-order valence-electron chi connectivity index (χ0n) is 18.4. The summed E-state index contributed by atoms with van der Waals surface area (Å²) in [4.78, 5) is 38.9. The number of rotatable bonds is 9. The van der Waals surface area contributed by atoms with Crippen LogP contribution >= 0.6 is 11.8 Å². The molecule has 9 nitrogen and oxygen atoms in total. The standard InChI is InChI=1S/C22H25N3O6S/c1-5-15-19(13(3)31-24-15)20(26)23-9-10-25-21(27)18(32-22(25)28)12-14-7-8-16(30-6-2)17(11-14)29-4/h7-8,11-12H,5-6,9-10H2,1-4H3,(H,23,26)/b18-12+. The van der Waals surface area contributed by atoms with Gasteiger partial charge in [0.05, 0.1) is 24.3 Å². The molecule has 2 heterocycles. The number of imide groups is 1. The van der Waals surface area contributed by atoms with Gasteiger partial charge in [0.1, 0.15) is 11.3 Å². The van der Waals surface area contributed by atoms with Gasteiger partial charge in [0.15, 0.2) is 11.5 Å². The second-order valence-corrected chi connectivity index (χ2v) is 7.84. The molecule has 10 heteroatoms. The highest BCUT2D eigenvalue weighted by molar-refractivity contribution is 8.18. The minimum absolute atomic E-state index is 0.0616. The molecule has 1 aliphatic rings. The number of methoxy groups -OCH3 is 1. The van der Waals surface area contributed by atoms with Crippen LogP contribution in [0.15, 0.2) is 27.6 Å². The summed E-state index contributed by atoms with van der Waals surface area (Å²) >= 11 is 0.858. The molecule has 1 fully saturated rings. The second kappa shape index (κ2) is 10.4. The van der Waals surface area contributed by atoms with Crippen LogP contribution in [0.4, 0.5) is 4.79 Å².